The largest absolute Gasteiger partial charge is 0.491 e. The molecular weight excluding hydrogens is 402 g/mol. The predicted molar refractivity (Wildman–Crippen MR) is 117 cm³/mol. The lowest BCUT2D eigenvalue weighted by Gasteiger charge is -2.20. The van der Waals surface area contributed by atoms with Gasteiger partial charge in [0, 0.05) is 6.54 Å². The molecule has 6 nitrogen and oxygen atoms in total. The molecule has 0 spiro atoms. The topological polar surface area (TPSA) is 60.5 Å². The van der Waals surface area contributed by atoms with Crippen molar-refractivity contribution in [3.05, 3.63) is 93.9 Å². The highest BCUT2D eigenvalue weighted by Crippen LogP contribution is 2.23. The van der Waals surface area contributed by atoms with Crippen LogP contribution in [0.3, 0.4) is 0 Å². The molecule has 2 aromatic heterocycles. The van der Waals surface area contributed by atoms with Gasteiger partial charge in [-0.1, -0.05) is 35.9 Å². The molecule has 0 atom stereocenters. The first-order valence-corrected chi connectivity index (χ1v) is 10.1. The summed E-state index contributed by atoms with van der Waals surface area (Å²) >= 11 is 6.14. The molecule has 0 unspecified atom stereocenters. The number of para-hydroxylation sites is 2. The Labute approximate surface area is 179 Å². The van der Waals surface area contributed by atoms with Crippen molar-refractivity contribution in [1.29, 1.82) is 0 Å². The number of ether oxygens (including phenoxy) is 1. The van der Waals surface area contributed by atoms with Gasteiger partial charge in [-0.25, -0.2) is 4.98 Å². The summed E-state index contributed by atoms with van der Waals surface area (Å²) in [5, 5.41) is 1.18. The zero-order valence-corrected chi connectivity index (χ0v) is 17.4. The lowest BCUT2D eigenvalue weighted by molar-refractivity contribution is 0.227. The number of fused-ring (bicyclic) bond motifs is 1. The Bertz CT molecular complexity index is 1190. The van der Waals surface area contributed by atoms with Gasteiger partial charge in [-0.3, -0.25) is 14.3 Å². The summed E-state index contributed by atoms with van der Waals surface area (Å²) in [5.74, 6) is 2.04. The first kappa shape index (κ1) is 20.2. The average Bonchev–Trinajstić information content (AvgIpc) is 3.26. The summed E-state index contributed by atoms with van der Waals surface area (Å²) < 4.78 is 12.9. The number of hydrogen-bond donors (Lipinski definition) is 0. The Kier molecular flexibility index (Phi) is 6.16. The summed E-state index contributed by atoms with van der Waals surface area (Å²) in [4.78, 5) is 19.9. The minimum atomic E-state index is -0.0762. The van der Waals surface area contributed by atoms with Crippen molar-refractivity contribution in [1.82, 2.24) is 14.5 Å². The first-order chi connectivity index (χ1) is 14.6. The standard InChI is InChI=1S/C23H22ClN3O3/c1-26(12-14-30-21-11-5-3-9-19(21)24)16-22-25-20-10-4-2-8-18(20)23(28)27(22)15-17-7-6-13-29-17/h2-11,13H,12,14-16H2,1H3. The Morgan fingerprint density at radius 1 is 1.10 bits per heavy atom. The maximum absolute atomic E-state index is 13.1. The second-order valence-corrected chi connectivity index (χ2v) is 7.44. The number of nitrogens with zero attached hydrogens (tertiary/aromatic N) is 3. The zero-order valence-electron chi connectivity index (χ0n) is 16.6. The van der Waals surface area contributed by atoms with Gasteiger partial charge in [0.1, 0.15) is 23.9 Å². The SMILES string of the molecule is CN(CCOc1ccccc1Cl)Cc1nc2ccccc2c(=O)n1Cc1ccco1. The smallest absolute Gasteiger partial charge is 0.261 e. The number of rotatable bonds is 8. The molecule has 154 valence electrons. The van der Waals surface area contributed by atoms with Gasteiger partial charge in [0.05, 0.1) is 35.3 Å². The lowest BCUT2D eigenvalue weighted by atomic mass is 10.2. The van der Waals surface area contributed by atoms with Crippen molar-refractivity contribution < 1.29 is 9.15 Å². The highest BCUT2D eigenvalue weighted by molar-refractivity contribution is 6.32. The molecule has 0 bridgehead atoms. The Morgan fingerprint density at radius 2 is 1.90 bits per heavy atom. The van der Waals surface area contributed by atoms with E-state index in [9.17, 15) is 4.79 Å². The summed E-state index contributed by atoms with van der Waals surface area (Å²) in [5.41, 5.74) is 0.613. The second-order valence-electron chi connectivity index (χ2n) is 7.03. The fraction of sp³-hybridized carbons (Fsp3) is 0.217. The minimum Gasteiger partial charge on any atom is -0.491 e. The van der Waals surface area contributed by atoms with Crippen molar-refractivity contribution in [2.75, 3.05) is 20.2 Å². The third-order valence-corrected chi connectivity index (χ3v) is 5.13. The van der Waals surface area contributed by atoms with Crippen LogP contribution in [-0.2, 0) is 13.1 Å². The summed E-state index contributed by atoms with van der Waals surface area (Å²) in [7, 11) is 1.97. The van der Waals surface area contributed by atoms with Crippen LogP contribution in [0.5, 0.6) is 5.75 Å². The van der Waals surface area contributed by atoms with E-state index >= 15 is 0 Å². The minimum absolute atomic E-state index is 0.0762. The van der Waals surface area contributed by atoms with Gasteiger partial charge in [-0.2, -0.15) is 0 Å². The Hall–Kier alpha value is -3.09. The highest BCUT2D eigenvalue weighted by atomic mass is 35.5. The van der Waals surface area contributed by atoms with E-state index in [1.807, 2.05) is 55.6 Å². The third kappa shape index (κ3) is 4.56. The summed E-state index contributed by atoms with van der Waals surface area (Å²) in [6.45, 7) is 1.94. The Balaban J connectivity index is 1.53. The predicted octanol–water partition coefficient (Wildman–Crippen LogP) is 4.20. The molecular formula is C23H22ClN3O3. The molecule has 2 aromatic carbocycles. The molecule has 0 N–H and O–H groups in total. The summed E-state index contributed by atoms with van der Waals surface area (Å²) in [6, 6.07) is 18.5. The number of benzene rings is 2. The van der Waals surface area contributed by atoms with Gasteiger partial charge in [-0.15, -0.1) is 0 Å². The molecule has 0 saturated carbocycles. The van der Waals surface area contributed by atoms with Crippen molar-refractivity contribution in [3.63, 3.8) is 0 Å². The van der Waals surface area contributed by atoms with E-state index in [0.717, 1.165) is 0 Å². The van der Waals surface area contributed by atoms with Gasteiger partial charge in [0.25, 0.3) is 5.56 Å². The second kappa shape index (κ2) is 9.15. The zero-order chi connectivity index (χ0) is 20.9. The van der Waals surface area contributed by atoms with Crippen LogP contribution >= 0.6 is 11.6 Å². The van der Waals surface area contributed by atoms with E-state index in [-0.39, 0.29) is 5.56 Å². The lowest BCUT2D eigenvalue weighted by Crippen LogP contribution is -2.31. The maximum atomic E-state index is 13.1. The number of aromatic nitrogens is 2. The number of halogens is 1. The van der Waals surface area contributed by atoms with Gasteiger partial charge in [0.2, 0.25) is 0 Å². The number of likely N-dealkylation sites (N-methyl/N-ethyl adjacent to an activating group) is 1. The molecule has 0 saturated heterocycles. The molecule has 30 heavy (non-hydrogen) atoms. The normalized spacial score (nSPS) is 11.3. The highest BCUT2D eigenvalue weighted by Gasteiger charge is 2.14. The maximum Gasteiger partial charge on any atom is 0.261 e. The fourth-order valence-electron chi connectivity index (χ4n) is 3.25. The van der Waals surface area contributed by atoms with Crippen LogP contribution in [0.4, 0.5) is 0 Å². The third-order valence-electron chi connectivity index (χ3n) is 4.81. The molecule has 0 aliphatic heterocycles. The van der Waals surface area contributed by atoms with Crippen LogP contribution < -0.4 is 10.3 Å². The monoisotopic (exact) mass is 423 g/mol. The van der Waals surface area contributed by atoms with Crippen molar-refractivity contribution in [3.8, 4) is 5.75 Å². The molecule has 4 rings (SSSR count). The van der Waals surface area contributed by atoms with Crippen LogP contribution in [0.1, 0.15) is 11.6 Å². The van der Waals surface area contributed by atoms with Crippen molar-refractivity contribution in [2.45, 2.75) is 13.1 Å². The van der Waals surface area contributed by atoms with Gasteiger partial charge in [-0.05, 0) is 43.4 Å². The molecule has 0 aliphatic rings. The summed E-state index contributed by atoms with van der Waals surface area (Å²) in [6.07, 6.45) is 1.60. The quantitative estimate of drug-likeness (QED) is 0.425. The van der Waals surface area contributed by atoms with Crippen LogP contribution in [-0.4, -0.2) is 34.7 Å². The van der Waals surface area contributed by atoms with Gasteiger partial charge in [0.15, 0.2) is 0 Å². The van der Waals surface area contributed by atoms with Crippen LogP contribution in [0.15, 0.2) is 76.1 Å². The van der Waals surface area contributed by atoms with Gasteiger partial charge < -0.3 is 9.15 Å². The molecule has 0 fully saturated rings. The van der Waals surface area contributed by atoms with E-state index in [2.05, 4.69) is 4.90 Å². The molecule has 2 heterocycles. The van der Waals surface area contributed by atoms with Crippen molar-refractivity contribution >= 4 is 22.5 Å². The molecule has 4 aromatic rings. The number of hydrogen-bond acceptors (Lipinski definition) is 5. The van der Waals surface area contributed by atoms with Crippen LogP contribution in [0.25, 0.3) is 10.9 Å². The number of furan rings is 1. The van der Waals surface area contributed by atoms with E-state index in [4.69, 9.17) is 25.7 Å². The first-order valence-electron chi connectivity index (χ1n) is 9.68. The Morgan fingerprint density at radius 3 is 2.70 bits per heavy atom. The molecule has 0 radical (unpaired) electrons. The van der Waals surface area contributed by atoms with Crippen LogP contribution in [0, 0.1) is 0 Å². The fourth-order valence-corrected chi connectivity index (χ4v) is 3.44. The average molecular weight is 424 g/mol. The van der Waals surface area contributed by atoms with E-state index < -0.39 is 0 Å². The molecule has 7 heteroatoms. The van der Waals surface area contributed by atoms with Crippen molar-refractivity contribution in [2.24, 2.45) is 0 Å². The van der Waals surface area contributed by atoms with Crippen LogP contribution in [0.2, 0.25) is 5.02 Å². The van der Waals surface area contributed by atoms with Gasteiger partial charge >= 0.3 is 0 Å². The molecule has 0 aliphatic carbocycles. The molecule has 0 amide bonds. The van der Waals surface area contributed by atoms with E-state index in [1.54, 1.807) is 23.0 Å². The van der Waals surface area contributed by atoms with E-state index in [1.165, 1.54) is 0 Å². The van der Waals surface area contributed by atoms with E-state index in [0.29, 0.717) is 59.5 Å².